The second-order valence-electron chi connectivity index (χ2n) is 7.43. The van der Waals surface area contributed by atoms with Crippen molar-refractivity contribution >= 4 is 5.97 Å². The lowest BCUT2D eigenvalue weighted by molar-refractivity contribution is -0.143. The van der Waals surface area contributed by atoms with Crippen LogP contribution in [0.1, 0.15) is 51.5 Å². The van der Waals surface area contributed by atoms with E-state index in [1.165, 1.54) is 12.1 Å². The molecule has 1 aliphatic rings. The first-order valence-corrected chi connectivity index (χ1v) is 9.82. The van der Waals surface area contributed by atoms with Crippen LogP contribution in [0.15, 0.2) is 36.4 Å². The van der Waals surface area contributed by atoms with Crippen LogP contribution in [0.3, 0.4) is 0 Å². The molecule has 0 radical (unpaired) electrons. The average Bonchev–Trinajstić information content (AvgIpc) is 2.63. The number of rotatable bonds is 7. The van der Waals surface area contributed by atoms with Crippen LogP contribution in [0.4, 0.5) is 8.78 Å². The first-order valence-electron chi connectivity index (χ1n) is 9.82. The Morgan fingerprint density at radius 2 is 1.70 bits per heavy atom. The van der Waals surface area contributed by atoms with E-state index in [4.69, 9.17) is 4.74 Å². The molecule has 27 heavy (non-hydrogen) atoms. The van der Waals surface area contributed by atoms with E-state index < -0.39 is 17.6 Å². The van der Waals surface area contributed by atoms with Crippen LogP contribution < -0.4 is 4.74 Å². The molecule has 0 N–H and O–H groups in total. The lowest BCUT2D eigenvalue weighted by Crippen LogP contribution is -2.33. The summed E-state index contributed by atoms with van der Waals surface area (Å²) in [4.78, 5) is 12.2. The predicted molar refractivity (Wildman–Crippen MR) is 103 cm³/mol. The molecule has 0 atom stereocenters. The van der Waals surface area contributed by atoms with E-state index in [0.29, 0.717) is 11.5 Å². The highest BCUT2D eigenvalue weighted by molar-refractivity contribution is 5.76. The predicted octanol–water partition coefficient (Wildman–Crippen LogP) is 6.32. The molecule has 0 aliphatic heterocycles. The molecule has 0 saturated heterocycles. The molecular weight excluding hydrogens is 346 g/mol. The Morgan fingerprint density at radius 3 is 2.33 bits per heavy atom. The maximum Gasteiger partial charge on any atom is 0.314 e. The molecule has 2 aromatic rings. The van der Waals surface area contributed by atoms with Crippen LogP contribution >= 0.6 is 0 Å². The van der Waals surface area contributed by atoms with Gasteiger partial charge in [0.2, 0.25) is 5.82 Å². The Hall–Kier alpha value is -2.23. The summed E-state index contributed by atoms with van der Waals surface area (Å²) in [6.07, 6.45) is 5.72. The fourth-order valence-corrected chi connectivity index (χ4v) is 3.74. The third-order valence-corrected chi connectivity index (χ3v) is 5.33. The molecule has 144 valence electrons. The quantitative estimate of drug-likeness (QED) is 0.420. The van der Waals surface area contributed by atoms with Crippen molar-refractivity contribution in [1.29, 1.82) is 0 Å². The number of aryl methyl sites for hydroxylation is 1. The van der Waals surface area contributed by atoms with Gasteiger partial charge in [0.15, 0.2) is 11.6 Å². The number of benzene rings is 2. The number of hydrogen-bond donors (Lipinski definition) is 0. The summed E-state index contributed by atoms with van der Waals surface area (Å²) in [6.45, 7) is 4.21. The van der Waals surface area contributed by atoms with Gasteiger partial charge < -0.3 is 4.74 Å². The topological polar surface area (TPSA) is 26.3 Å². The van der Waals surface area contributed by atoms with Gasteiger partial charge in [-0.2, -0.15) is 4.39 Å². The zero-order valence-corrected chi connectivity index (χ0v) is 15.9. The van der Waals surface area contributed by atoms with E-state index >= 15 is 0 Å². The number of esters is 1. The van der Waals surface area contributed by atoms with Crippen LogP contribution in [-0.2, 0) is 11.2 Å². The van der Waals surface area contributed by atoms with Crippen LogP contribution in [0.25, 0.3) is 11.1 Å². The highest BCUT2D eigenvalue weighted by Crippen LogP contribution is 2.38. The summed E-state index contributed by atoms with van der Waals surface area (Å²) < 4.78 is 34.1. The molecule has 2 aromatic carbocycles. The van der Waals surface area contributed by atoms with E-state index in [0.717, 1.165) is 44.1 Å². The van der Waals surface area contributed by atoms with E-state index in [-0.39, 0.29) is 17.2 Å². The number of ether oxygens (including phenoxy) is 1. The van der Waals surface area contributed by atoms with Gasteiger partial charge in [0, 0.05) is 5.56 Å². The molecule has 0 unspecified atom stereocenters. The molecule has 1 saturated carbocycles. The molecule has 0 bridgehead atoms. The summed E-state index contributed by atoms with van der Waals surface area (Å²) in [5.41, 5.74) is 1.93. The maximum atomic E-state index is 14.5. The van der Waals surface area contributed by atoms with Gasteiger partial charge in [0.1, 0.15) is 0 Å². The van der Waals surface area contributed by atoms with Crippen LogP contribution in [0, 0.1) is 23.5 Å². The molecule has 0 heterocycles. The minimum Gasteiger partial charge on any atom is -0.423 e. The molecule has 3 rings (SSSR count). The number of hydrogen-bond acceptors (Lipinski definition) is 2. The maximum absolute atomic E-state index is 14.5. The number of carbonyl (C=O) groups is 1. The van der Waals surface area contributed by atoms with Crippen molar-refractivity contribution in [2.75, 3.05) is 0 Å². The molecular formula is C23H26F2O2. The molecule has 0 spiro atoms. The monoisotopic (exact) mass is 372 g/mol. The normalized spacial score (nSPS) is 18.8. The van der Waals surface area contributed by atoms with Gasteiger partial charge in [-0.25, -0.2) is 4.39 Å². The van der Waals surface area contributed by atoms with Gasteiger partial charge in [-0.1, -0.05) is 57.4 Å². The van der Waals surface area contributed by atoms with E-state index in [2.05, 4.69) is 13.8 Å². The van der Waals surface area contributed by atoms with Crippen molar-refractivity contribution in [2.45, 2.75) is 52.4 Å². The third kappa shape index (κ3) is 4.37. The minimum atomic E-state index is -1.11. The van der Waals surface area contributed by atoms with Gasteiger partial charge in [-0.3, -0.25) is 4.79 Å². The first-order chi connectivity index (χ1) is 13.0. The Morgan fingerprint density at radius 1 is 1.00 bits per heavy atom. The summed E-state index contributed by atoms with van der Waals surface area (Å²) in [5.74, 6) is -2.54. The zero-order valence-electron chi connectivity index (χ0n) is 15.9. The van der Waals surface area contributed by atoms with Crippen LogP contribution in [-0.4, -0.2) is 5.97 Å². The largest absolute Gasteiger partial charge is 0.423 e. The Labute approximate surface area is 159 Å². The summed E-state index contributed by atoms with van der Waals surface area (Å²) in [7, 11) is 0. The minimum absolute atomic E-state index is 0.169. The average molecular weight is 372 g/mol. The van der Waals surface area contributed by atoms with Crippen molar-refractivity contribution in [2.24, 2.45) is 11.8 Å². The molecule has 4 heteroatoms. The SMILES string of the molecule is CCCc1ccc(-c2ccc(OC(=O)C3CC(CCC)C3)c(F)c2F)cc1. The molecule has 0 aromatic heterocycles. The molecule has 2 nitrogen and oxygen atoms in total. The van der Waals surface area contributed by atoms with Gasteiger partial charge in [0.25, 0.3) is 0 Å². The smallest absolute Gasteiger partial charge is 0.314 e. The molecule has 1 aliphatic carbocycles. The van der Waals surface area contributed by atoms with E-state index in [1.54, 1.807) is 12.1 Å². The Balaban J connectivity index is 1.70. The van der Waals surface area contributed by atoms with Crippen molar-refractivity contribution in [3.63, 3.8) is 0 Å². The summed E-state index contributed by atoms with van der Waals surface area (Å²) >= 11 is 0. The lowest BCUT2D eigenvalue weighted by atomic mass is 9.73. The van der Waals surface area contributed by atoms with Crippen molar-refractivity contribution in [3.8, 4) is 16.9 Å². The van der Waals surface area contributed by atoms with E-state index in [9.17, 15) is 13.6 Å². The van der Waals surface area contributed by atoms with Gasteiger partial charge in [0.05, 0.1) is 5.92 Å². The third-order valence-electron chi connectivity index (χ3n) is 5.33. The second-order valence-corrected chi connectivity index (χ2v) is 7.43. The fourth-order valence-electron chi connectivity index (χ4n) is 3.74. The van der Waals surface area contributed by atoms with Crippen LogP contribution in [0.2, 0.25) is 0 Å². The second kappa shape index (κ2) is 8.64. The van der Waals surface area contributed by atoms with Gasteiger partial charge in [-0.05, 0) is 48.4 Å². The lowest BCUT2D eigenvalue weighted by Gasteiger charge is -2.33. The van der Waals surface area contributed by atoms with Crippen molar-refractivity contribution < 1.29 is 18.3 Å². The molecule has 1 fully saturated rings. The highest BCUT2D eigenvalue weighted by Gasteiger charge is 2.35. The Kier molecular flexibility index (Phi) is 6.25. The Bertz CT molecular complexity index is 793. The standard InChI is InChI=1S/C23H26F2O2/c1-3-5-15-7-9-17(10-8-15)19-11-12-20(22(25)21(19)24)27-23(26)18-13-16(14-18)6-4-2/h7-12,16,18H,3-6,13-14H2,1-2H3. The first kappa shape index (κ1) is 19.5. The van der Waals surface area contributed by atoms with Crippen LogP contribution in [0.5, 0.6) is 5.75 Å². The number of halogens is 2. The fraction of sp³-hybridized carbons (Fsp3) is 0.435. The highest BCUT2D eigenvalue weighted by atomic mass is 19.2. The summed E-state index contributed by atoms with van der Waals surface area (Å²) in [5, 5.41) is 0. The van der Waals surface area contributed by atoms with Crippen molar-refractivity contribution in [3.05, 3.63) is 53.6 Å². The van der Waals surface area contributed by atoms with E-state index in [1.807, 2.05) is 12.1 Å². The van der Waals surface area contributed by atoms with Gasteiger partial charge >= 0.3 is 5.97 Å². The zero-order chi connectivity index (χ0) is 19.4. The molecule has 0 amide bonds. The van der Waals surface area contributed by atoms with Gasteiger partial charge in [-0.15, -0.1) is 0 Å². The van der Waals surface area contributed by atoms with Crippen molar-refractivity contribution in [1.82, 2.24) is 0 Å². The number of carbonyl (C=O) groups excluding carboxylic acids is 1. The summed E-state index contributed by atoms with van der Waals surface area (Å²) in [6, 6.07) is 10.2.